The van der Waals surface area contributed by atoms with Gasteiger partial charge in [-0.2, -0.15) is 0 Å². The highest BCUT2D eigenvalue weighted by molar-refractivity contribution is 5.87. The van der Waals surface area contributed by atoms with E-state index in [9.17, 15) is 9.18 Å². The molecule has 0 atom stereocenters. The smallest absolute Gasteiger partial charge is 0.344 e. The van der Waals surface area contributed by atoms with Crippen LogP contribution in [-0.2, 0) is 13.1 Å². The van der Waals surface area contributed by atoms with E-state index in [-0.39, 0.29) is 5.82 Å². The normalized spacial score (nSPS) is 13.4. The summed E-state index contributed by atoms with van der Waals surface area (Å²) in [7, 11) is 3.12. The van der Waals surface area contributed by atoms with Crippen LogP contribution in [0.2, 0.25) is 0 Å². The van der Waals surface area contributed by atoms with Crippen molar-refractivity contribution in [2.45, 2.75) is 13.1 Å². The Kier molecular flexibility index (Phi) is 5.48. The number of hydrogen-bond donors (Lipinski definition) is 0. The lowest BCUT2D eigenvalue weighted by Gasteiger charge is -2.29. The van der Waals surface area contributed by atoms with Gasteiger partial charge in [0.05, 0.1) is 25.3 Å². The molecule has 0 saturated heterocycles. The molecule has 0 amide bonds. The Morgan fingerprint density at radius 2 is 1.79 bits per heavy atom. The van der Waals surface area contributed by atoms with Crippen molar-refractivity contribution in [1.82, 2.24) is 4.90 Å². The molecule has 0 fully saturated rings. The van der Waals surface area contributed by atoms with Gasteiger partial charge in [0.2, 0.25) is 0 Å². The predicted octanol–water partition coefficient (Wildman–Crippen LogP) is 4.97. The molecule has 0 spiro atoms. The average molecular weight is 447 g/mol. The van der Waals surface area contributed by atoms with Crippen LogP contribution in [0.4, 0.5) is 4.39 Å². The molecule has 0 saturated carbocycles. The van der Waals surface area contributed by atoms with Crippen LogP contribution >= 0.6 is 0 Å². The van der Waals surface area contributed by atoms with Gasteiger partial charge in [-0.3, -0.25) is 4.90 Å². The number of hydrogen-bond acceptors (Lipinski definition) is 6. The van der Waals surface area contributed by atoms with Crippen LogP contribution in [0.5, 0.6) is 17.2 Å². The Labute approximate surface area is 189 Å². The molecule has 33 heavy (non-hydrogen) atoms. The van der Waals surface area contributed by atoms with Crippen molar-refractivity contribution in [3.8, 4) is 28.4 Å². The van der Waals surface area contributed by atoms with Gasteiger partial charge in [0.15, 0.2) is 0 Å². The van der Waals surface area contributed by atoms with E-state index in [2.05, 4.69) is 4.90 Å². The van der Waals surface area contributed by atoms with Crippen molar-refractivity contribution >= 4 is 11.0 Å². The highest BCUT2D eigenvalue weighted by atomic mass is 19.1. The zero-order valence-electron chi connectivity index (χ0n) is 18.3. The maximum absolute atomic E-state index is 13.2. The van der Waals surface area contributed by atoms with E-state index in [0.29, 0.717) is 53.8 Å². The molecule has 7 heteroatoms. The van der Waals surface area contributed by atoms with E-state index < -0.39 is 5.63 Å². The highest BCUT2D eigenvalue weighted by Gasteiger charge is 2.23. The molecule has 1 aliphatic rings. The molecule has 0 N–H and O–H groups in total. The predicted molar refractivity (Wildman–Crippen MR) is 122 cm³/mol. The first kappa shape index (κ1) is 21.0. The van der Waals surface area contributed by atoms with Crippen molar-refractivity contribution in [3.05, 3.63) is 88.0 Å². The quantitative estimate of drug-likeness (QED) is 0.403. The molecule has 1 aliphatic heterocycles. The lowest BCUT2D eigenvalue weighted by atomic mass is 10.0. The number of halogens is 1. The number of fused-ring (bicyclic) bond motifs is 3. The van der Waals surface area contributed by atoms with E-state index in [1.165, 1.54) is 12.1 Å². The van der Waals surface area contributed by atoms with Gasteiger partial charge in [-0.25, -0.2) is 9.18 Å². The molecule has 3 aromatic carbocycles. The molecule has 0 aliphatic carbocycles. The van der Waals surface area contributed by atoms with Gasteiger partial charge in [-0.1, -0.05) is 12.1 Å². The Bertz CT molecular complexity index is 1380. The summed E-state index contributed by atoms with van der Waals surface area (Å²) in [6.07, 6.45) is 0. The molecule has 0 radical (unpaired) electrons. The minimum absolute atomic E-state index is 0.268. The monoisotopic (exact) mass is 447 g/mol. The first-order valence-electron chi connectivity index (χ1n) is 10.5. The Morgan fingerprint density at radius 3 is 2.55 bits per heavy atom. The Morgan fingerprint density at radius 1 is 0.970 bits per heavy atom. The van der Waals surface area contributed by atoms with Crippen LogP contribution in [0, 0.1) is 5.82 Å². The summed E-state index contributed by atoms with van der Waals surface area (Å²) in [6.45, 7) is 1.51. The molecule has 4 aromatic rings. The summed E-state index contributed by atoms with van der Waals surface area (Å²) in [5.74, 6) is 1.58. The van der Waals surface area contributed by atoms with E-state index in [0.717, 1.165) is 16.5 Å². The maximum Gasteiger partial charge on any atom is 0.344 e. The van der Waals surface area contributed by atoms with E-state index >= 15 is 0 Å². The molecule has 168 valence electrons. The summed E-state index contributed by atoms with van der Waals surface area (Å²) in [5, 5.41) is 0.786. The van der Waals surface area contributed by atoms with Gasteiger partial charge in [-0.05, 0) is 48.0 Å². The second-order valence-electron chi connectivity index (χ2n) is 7.86. The van der Waals surface area contributed by atoms with Gasteiger partial charge < -0.3 is 18.6 Å². The van der Waals surface area contributed by atoms with Gasteiger partial charge in [0.25, 0.3) is 0 Å². The van der Waals surface area contributed by atoms with Crippen molar-refractivity contribution in [2.75, 3.05) is 21.0 Å². The first-order valence-corrected chi connectivity index (χ1v) is 10.5. The third-order valence-electron chi connectivity index (χ3n) is 5.77. The fourth-order valence-electron chi connectivity index (χ4n) is 4.10. The van der Waals surface area contributed by atoms with Crippen molar-refractivity contribution in [2.24, 2.45) is 0 Å². The topological polar surface area (TPSA) is 61.1 Å². The molecule has 0 unspecified atom stereocenters. The van der Waals surface area contributed by atoms with Crippen LogP contribution in [0.3, 0.4) is 0 Å². The SMILES string of the molecule is COc1ccc(-c2cc3ccc4c(c3oc2=O)CN(Cc2ccc(F)cc2)CO4)c(OC)c1. The summed E-state index contributed by atoms with van der Waals surface area (Å²) < 4.78 is 35.7. The fourth-order valence-corrected chi connectivity index (χ4v) is 4.10. The summed E-state index contributed by atoms with van der Waals surface area (Å²) in [4.78, 5) is 15.1. The van der Waals surface area contributed by atoms with Gasteiger partial charge in [0, 0.05) is 30.1 Å². The number of rotatable bonds is 5. The van der Waals surface area contributed by atoms with Crippen LogP contribution in [0.1, 0.15) is 11.1 Å². The molecular weight excluding hydrogens is 425 g/mol. The van der Waals surface area contributed by atoms with Crippen LogP contribution in [0.15, 0.2) is 69.9 Å². The Balaban J connectivity index is 1.52. The molecule has 6 nitrogen and oxygen atoms in total. The summed E-state index contributed by atoms with van der Waals surface area (Å²) >= 11 is 0. The third-order valence-corrected chi connectivity index (χ3v) is 5.77. The second kappa shape index (κ2) is 8.60. The van der Waals surface area contributed by atoms with E-state index in [1.54, 1.807) is 44.6 Å². The third kappa shape index (κ3) is 4.03. The first-order chi connectivity index (χ1) is 16.1. The van der Waals surface area contributed by atoms with Crippen molar-refractivity contribution < 1.29 is 23.0 Å². The molecule has 2 heterocycles. The zero-order chi connectivity index (χ0) is 22.9. The molecule has 5 rings (SSSR count). The summed E-state index contributed by atoms with van der Waals surface area (Å²) in [5.41, 5.74) is 2.85. The molecule has 1 aromatic heterocycles. The van der Waals surface area contributed by atoms with E-state index in [4.69, 9.17) is 18.6 Å². The minimum atomic E-state index is -0.463. The number of benzene rings is 3. The van der Waals surface area contributed by atoms with Crippen LogP contribution in [0.25, 0.3) is 22.1 Å². The van der Waals surface area contributed by atoms with Crippen molar-refractivity contribution in [3.63, 3.8) is 0 Å². The fraction of sp³-hybridized carbons (Fsp3) is 0.192. The lowest BCUT2D eigenvalue weighted by Crippen LogP contribution is -2.31. The average Bonchev–Trinajstić information content (AvgIpc) is 2.84. The van der Waals surface area contributed by atoms with Gasteiger partial charge in [-0.15, -0.1) is 0 Å². The minimum Gasteiger partial charge on any atom is -0.497 e. The molecular formula is C26H22FNO5. The van der Waals surface area contributed by atoms with Gasteiger partial charge >= 0.3 is 5.63 Å². The molecule has 0 bridgehead atoms. The van der Waals surface area contributed by atoms with E-state index in [1.807, 2.05) is 18.2 Å². The largest absolute Gasteiger partial charge is 0.497 e. The number of nitrogens with zero attached hydrogens (tertiary/aromatic N) is 1. The Hall–Kier alpha value is -3.84. The number of ether oxygens (including phenoxy) is 3. The van der Waals surface area contributed by atoms with Crippen LogP contribution in [-0.4, -0.2) is 25.9 Å². The zero-order valence-corrected chi connectivity index (χ0v) is 18.3. The lowest BCUT2D eigenvalue weighted by molar-refractivity contribution is 0.0889. The summed E-state index contributed by atoms with van der Waals surface area (Å²) in [6, 6.07) is 17.3. The maximum atomic E-state index is 13.2. The second-order valence-corrected chi connectivity index (χ2v) is 7.86. The van der Waals surface area contributed by atoms with Crippen LogP contribution < -0.4 is 19.8 Å². The van der Waals surface area contributed by atoms with Gasteiger partial charge in [0.1, 0.15) is 35.4 Å². The number of methoxy groups -OCH3 is 2. The van der Waals surface area contributed by atoms with Crippen molar-refractivity contribution in [1.29, 1.82) is 0 Å². The standard InChI is InChI=1S/C26H22FNO5/c1-30-19-8-9-20(24(12-19)31-2)21-11-17-5-10-23-22(25(17)33-26(21)29)14-28(15-32-23)13-16-3-6-18(27)7-4-16/h3-12H,13-15H2,1-2H3. The highest BCUT2D eigenvalue weighted by Crippen LogP contribution is 2.36.